The highest BCUT2D eigenvalue weighted by Gasteiger charge is 2.22. The number of nitrogens with zero attached hydrogens (tertiary/aromatic N) is 1. The third-order valence-corrected chi connectivity index (χ3v) is 4.44. The Labute approximate surface area is 137 Å². The van der Waals surface area contributed by atoms with Gasteiger partial charge < -0.3 is 9.64 Å². The van der Waals surface area contributed by atoms with Crippen LogP contribution in [0.2, 0.25) is 0 Å². The van der Waals surface area contributed by atoms with Crippen LogP contribution in [-0.4, -0.2) is 37.1 Å². The maximum absolute atomic E-state index is 12.7. The number of amides is 1. The number of hydrogen-bond donors (Lipinski definition) is 0. The van der Waals surface area contributed by atoms with Crippen molar-refractivity contribution in [3.05, 3.63) is 31.8 Å². The molecule has 19 heavy (non-hydrogen) atoms. The lowest BCUT2D eigenvalue weighted by Gasteiger charge is -2.29. The van der Waals surface area contributed by atoms with E-state index in [1.54, 1.807) is 7.11 Å². The van der Waals surface area contributed by atoms with Gasteiger partial charge in [0.15, 0.2) is 0 Å². The molecule has 3 nitrogen and oxygen atoms in total. The number of carbonyl (C=O) groups excluding carboxylic acids is 1. The zero-order valence-corrected chi connectivity index (χ0v) is 15.2. The van der Waals surface area contributed by atoms with Crippen molar-refractivity contribution in [2.24, 2.45) is 0 Å². The first-order chi connectivity index (χ1) is 9.01. The third-order valence-electron chi connectivity index (χ3n) is 3.08. The van der Waals surface area contributed by atoms with E-state index in [4.69, 9.17) is 4.74 Å². The molecule has 0 fully saturated rings. The fraction of sp³-hybridized carbons (Fsp3) is 0.500. The molecule has 0 spiro atoms. The van der Waals surface area contributed by atoms with Gasteiger partial charge in [0.1, 0.15) is 0 Å². The molecule has 0 heterocycles. The van der Waals surface area contributed by atoms with Crippen LogP contribution >= 0.6 is 38.5 Å². The second-order valence-corrected chi connectivity index (χ2v) is 6.47. The lowest BCUT2D eigenvalue weighted by atomic mass is 10.1. The number of halogens is 2. The molecule has 0 aromatic heterocycles. The second-order valence-electron chi connectivity index (χ2n) is 4.37. The first kappa shape index (κ1) is 16.9. The maximum atomic E-state index is 12.7. The quantitative estimate of drug-likeness (QED) is 0.628. The van der Waals surface area contributed by atoms with Crippen LogP contribution in [0.3, 0.4) is 0 Å². The van der Waals surface area contributed by atoms with Crippen molar-refractivity contribution in [2.45, 2.75) is 26.3 Å². The first-order valence-electron chi connectivity index (χ1n) is 6.26. The van der Waals surface area contributed by atoms with Gasteiger partial charge in [0, 0.05) is 27.7 Å². The Balaban J connectivity index is 3.00. The second kappa shape index (κ2) is 8.21. The highest BCUT2D eigenvalue weighted by molar-refractivity contribution is 14.1. The molecule has 0 aliphatic heterocycles. The predicted molar refractivity (Wildman–Crippen MR) is 89.5 cm³/mol. The highest BCUT2D eigenvalue weighted by atomic mass is 127. The molecule has 1 rings (SSSR count). The molecule has 0 saturated heterocycles. The fourth-order valence-corrected chi connectivity index (χ4v) is 2.66. The van der Waals surface area contributed by atoms with Crippen LogP contribution in [0.25, 0.3) is 0 Å². The lowest BCUT2D eigenvalue weighted by Crippen LogP contribution is -2.40. The van der Waals surface area contributed by atoms with E-state index in [9.17, 15) is 4.79 Å². The largest absolute Gasteiger partial charge is 0.383 e. The Morgan fingerprint density at radius 3 is 2.79 bits per heavy atom. The van der Waals surface area contributed by atoms with E-state index in [2.05, 4.69) is 52.4 Å². The van der Waals surface area contributed by atoms with Gasteiger partial charge in [-0.25, -0.2) is 0 Å². The number of benzene rings is 1. The van der Waals surface area contributed by atoms with Gasteiger partial charge in [0.05, 0.1) is 12.2 Å². The van der Waals surface area contributed by atoms with Crippen LogP contribution in [-0.2, 0) is 4.74 Å². The van der Waals surface area contributed by atoms with Gasteiger partial charge in [-0.1, -0.05) is 6.92 Å². The summed E-state index contributed by atoms with van der Waals surface area (Å²) in [4.78, 5) is 14.5. The van der Waals surface area contributed by atoms with Crippen molar-refractivity contribution < 1.29 is 9.53 Å². The molecule has 1 atom stereocenters. The summed E-state index contributed by atoms with van der Waals surface area (Å²) >= 11 is 5.67. The number of rotatable bonds is 6. The number of methoxy groups -OCH3 is 1. The van der Waals surface area contributed by atoms with Crippen LogP contribution < -0.4 is 0 Å². The SMILES string of the molecule is CCC(C)N(CCOC)C(=O)c1cc(I)ccc1Br. The van der Waals surface area contributed by atoms with E-state index >= 15 is 0 Å². The molecule has 0 saturated carbocycles. The highest BCUT2D eigenvalue weighted by Crippen LogP contribution is 2.22. The minimum atomic E-state index is 0.0526. The van der Waals surface area contributed by atoms with Crippen molar-refractivity contribution in [2.75, 3.05) is 20.3 Å². The average molecular weight is 440 g/mol. The van der Waals surface area contributed by atoms with Gasteiger partial charge in [-0.05, 0) is 70.1 Å². The minimum absolute atomic E-state index is 0.0526. The van der Waals surface area contributed by atoms with Gasteiger partial charge in [-0.15, -0.1) is 0 Å². The van der Waals surface area contributed by atoms with E-state index in [0.29, 0.717) is 18.7 Å². The van der Waals surface area contributed by atoms with Crippen LogP contribution in [0.4, 0.5) is 0 Å². The summed E-state index contributed by atoms with van der Waals surface area (Å²) in [5, 5.41) is 0. The zero-order valence-electron chi connectivity index (χ0n) is 11.5. The summed E-state index contributed by atoms with van der Waals surface area (Å²) in [5.74, 6) is 0.0526. The summed E-state index contributed by atoms with van der Waals surface area (Å²) in [6.07, 6.45) is 0.928. The Hall–Kier alpha value is -0.140. The fourth-order valence-electron chi connectivity index (χ4n) is 1.75. The molecular weight excluding hydrogens is 421 g/mol. The van der Waals surface area contributed by atoms with Crippen molar-refractivity contribution in [1.82, 2.24) is 4.90 Å². The zero-order chi connectivity index (χ0) is 14.4. The monoisotopic (exact) mass is 439 g/mol. The van der Waals surface area contributed by atoms with E-state index in [-0.39, 0.29) is 11.9 Å². The predicted octanol–water partition coefficient (Wildman–Crippen LogP) is 3.94. The van der Waals surface area contributed by atoms with Crippen LogP contribution in [0.1, 0.15) is 30.6 Å². The van der Waals surface area contributed by atoms with Gasteiger partial charge in [-0.2, -0.15) is 0 Å². The van der Waals surface area contributed by atoms with Crippen LogP contribution in [0, 0.1) is 3.57 Å². The maximum Gasteiger partial charge on any atom is 0.255 e. The molecule has 0 bridgehead atoms. The molecule has 1 unspecified atom stereocenters. The standard InChI is InChI=1S/C14H19BrINO2/c1-4-10(2)17(7-8-19-3)14(18)12-9-11(16)5-6-13(12)15/h5-6,9-10H,4,7-8H2,1-3H3. The summed E-state index contributed by atoms with van der Waals surface area (Å²) in [6.45, 7) is 5.32. The molecule has 0 N–H and O–H groups in total. The van der Waals surface area contributed by atoms with E-state index in [1.165, 1.54) is 0 Å². The molecule has 1 aromatic carbocycles. The molecule has 0 aliphatic rings. The van der Waals surface area contributed by atoms with Crippen molar-refractivity contribution in [1.29, 1.82) is 0 Å². The van der Waals surface area contributed by atoms with E-state index in [1.807, 2.05) is 23.1 Å². The van der Waals surface area contributed by atoms with E-state index < -0.39 is 0 Å². The van der Waals surface area contributed by atoms with Gasteiger partial charge in [-0.3, -0.25) is 4.79 Å². The number of hydrogen-bond acceptors (Lipinski definition) is 2. The molecule has 0 aliphatic carbocycles. The number of carbonyl (C=O) groups is 1. The molecule has 1 aromatic rings. The van der Waals surface area contributed by atoms with Crippen LogP contribution in [0.5, 0.6) is 0 Å². The van der Waals surface area contributed by atoms with Crippen molar-refractivity contribution in [3.63, 3.8) is 0 Å². The molecule has 106 valence electrons. The summed E-state index contributed by atoms with van der Waals surface area (Å²) in [6, 6.07) is 6.01. The molecule has 0 radical (unpaired) electrons. The Bertz CT molecular complexity index is 439. The topological polar surface area (TPSA) is 29.5 Å². The van der Waals surface area contributed by atoms with Crippen molar-refractivity contribution in [3.8, 4) is 0 Å². The van der Waals surface area contributed by atoms with Gasteiger partial charge in [0.25, 0.3) is 5.91 Å². The minimum Gasteiger partial charge on any atom is -0.383 e. The number of ether oxygens (including phenoxy) is 1. The average Bonchev–Trinajstić information content (AvgIpc) is 2.41. The van der Waals surface area contributed by atoms with Crippen LogP contribution in [0.15, 0.2) is 22.7 Å². The Kier molecular flexibility index (Phi) is 7.31. The smallest absolute Gasteiger partial charge is 0.255 e. The lowest BCUT2D eigenvalue weighted by molar-refractivity contribution is 0.0613. The Morgan fingerprint density at radius 2 is 2.21 bits per heavy atom. The molecule has 1 amide bonds. The van der Waals surface area contributed by atoms with E-state index in [0.717, 1.165) is 14.5 Å². The molecule has 5 heteroatoms. The summed E-state index contributed by atoms with van der Waals surface area (Å²) in [5.41, 5.74) is 0.711. The Morgan fingerprint density at radius 1 is 1.53 bits per heavy atom. The first-order valence-corrected chi connectivity index (χ1v) is 8.13. The summed E-state index contributed by atoms with van der Waals surface area (Å²) < 4.78 is 6.99. The normalized spacial score (nSPS) is 12.3. The third kappa shape index (κ3) is 4.72. The molecular formula is C14H19BrINO2. The summed E-state index contributed by atoms with van der Waals surface area (Å²) in [7, 11) is 1.65. The van der Waals surface area contributed by atoms with Crippen molar-refractivity contribution >= 4 is 44.4 Å². The van der Waals surface area contributed by atoms with Gasteiger partial charge >= 0.3 is 0 Å². The van der Waals surface area contributed by atoms with Gasteiger partial charge in [0.2, 0.25) is 0 Å².